The topological polar surface area (TPSA) is 76.9 Å². The number of halogens is 1. The van der Waals surface area contributed by atoms with Crippen molar-refractivity contribution in [2.45, 2.75) is 38.8 Å². The summed E-state index contributed by atoms with van der Waals surface area (Å²) >= 11 is 1.30. The van der Waals surface area contributed by atoms with E-state index in [1.165, 1.54) is 48.5 Å². The van der Waals surface area contributed by atoms with Crippen LogP contribution in [0.4, 0.5) is 4.39 Å². The lowest BCUT2D eigenvalue weighted by Gasteiger charge is -2.12. The van der Waals surface area contributed by atoms with Gasteiger partial charge in [-0.2, -0.15) is 0 Å². The molecule has 1 amide bonds. The lowest BCUT2D eigenvalue weighted by Crippen LogP contribution is -2.21. The van der Waals surface area contributed by atoms with Gasteiger partial charge in [0.15, 0.2) is 10.9 Å². The van der Waals surface area contributed by atoms with Crippen LogP contribution < -0.4 is 5.32 Å². The summed E-state index contributed by atoms with van der Waals surface area (Å²) < 4.78 is 15.1. The highest BCUT2D eigenvalue weighted by Crippen LogP contribution is 2.25. The number of hydrogen-bond acceptors (Lipinski definition) is 5. The van der Waals surface area contributed by atoms with Crippen LogP contribution in [-0.2, 0) is 11.2 Å². The zero-order valence-corrected chi connectivity index (χ0v) is 18.6. The molecule has 3 aromatic rings. The fraction of sp³-hybridized carbons (Fsp3) is 0.304. The smallest absolute Gasteiger partial charge is 0.216 e. The fourth-order valence-corrected chi connectivity index (χ4v) is 3.91. The Kier molecular flexibility index (Phi) is 7.57. The molecule has 1 aromatic heterocycles. The summed E-state index contributed by atoms with van der Waals surface area (Å²) in [6.07, 6.45) is 1.36. The largest absolute Gasteiger partial charge is 0.356 e. The number of Topliss-reactive ketones (excluding diaryl/α,β-unsaturated/α-hetero) is 1. The summed E-state index contributed by atoms with van der Waals surface area (Å²) in [4.78, 5) is 23.6. The number of rotatable bonds is 9. The fourth-order valence-electron chi connectivity index (χ4n) is 3.04. The number of nitrogens with zero attached hydrogens (tertiary/aromatic N) is 3. The maximum Gasteiger partial charge on any atom is 0.216 e. The van der Waals surface area contributed by atoms with Crippen molar-refractivity contribution in [2.24, 2.45) is 0 Å². The van der Waals surface area contributed by atoms with Crippen molar-refractivity contribution < 1.29 is 14.0 Å². The van der Waals surface area contributed by atoms with Crippen molar-refractivity contribution in [3.8, 4) is 5.69 Å². The number of carbonyl (C=O) groups is 2. The van der Waals surface area contributed by atoms with E-state index in [0.717, 1.165) is 23.5 Å². The van der Waals surface area contributed by atoms with Crippen LogP contribution in [0.15, 0.2) is 47.6 Å². The van der Waals surface area contributed by atoms with Gasteiger partial charge in [0.05, 0.1) is 5.75 Å². The Morgan fingerprint density at radius 3 is 2.48 bits per heavy atom. The summed E-state index contributed by atoms with van der Waals surface area (Å²) in [6, 6.07) is 11.7. The first-order valence-corrected chi connectivity index (χ1v) is 11.0. The molecule has 0 saturated heterocycles. The number of amides is 1. The molecular weight excluding hydrogens is 415 g/mol. The van der Waals surface area contributed by atoms with Crippen LogP contribution in [0.2, 0.25) is 0 Å². The first kappa shape index (κ1) is 22.7. The van der Waals surface area contributed by atoms with Crippen molar-refractivity contribution in [3.05, 3.63) is 70.8 Å². The van der Waals surface area contributed by atoms with E-state index in [9.17, 15) is 14.0 Å². The first-order valence-electron chi connectivity index (χ1n) is 10.0. The average Bonchev–Trinajstić information content (AvgIpc) is 3.14. The Bertz CT molecular complexity index is 1080. The highest BCUT2D eigenvalue weighted by atomic mass is 32.2. The zero-order chi connectivity index (χ0) is 22.4. The van der Waals surface area contributed by atoms with Crippen LogP contribution in [0.25, 0.3) is 5.69 Å². The molecule has 8 heteroatoms. The summed E-state index contributed by atoms with van der Waals surface area (Å²) in [5.41, 5.74) is 3.72. The number of hydrogen-bond donors (Lipinski definition) is 1. The number of aromatic nitrogens is 3. The highest BCUT2D eigenvalue weighted by molar-refractivity contribution is 7.99. The molecular formula is C23H25FN4O2S. The highest BCUT2D eigenvalue weighted by Gasteiger charge is 2.17. The minimum atomic E-state index is -0.373. The molecule has 0 aliphatic heterocycles. The lowest BCUT2D eigenvalue weighted by atomic mass is 10.1. The van der Waals surface area contributed by atoms with E-state index in [1.54, 1.807) is 0 Å². The second-order valence-electron chi connectivity index (χ2n) is 7.31. The molecule has 2 aromatic carbocycles. The molecule has 0 aliphatic rings. The molecule has 1 N–H and O–H groups in total. The standard InChI is InChI=1S/C23H25FN4O2S/c1-15-6-11-20(13-16(15)2)28-22(5-4-12-25-17(3)29)26-27-23(28)31-14-21(30)18-7-9-19(24)10-8-18/h6-11,13H,4-5,12,14H2,1-3H3,(H,25,29). The van der Waals surface area contributed by atoms with Gasteiger partial charge in [-0.15, -0.1) is 10.2 Å². The minimum absolute atomic E-state index is 0.0637. The Labute approximate surface area is 185 Å². The van der Waals surface area contributed by atoms with Gasteiger partial charge >= 0.3 is 0 Å². The van der Waals surface area contributed by atoms with Crippen molar-refractivity contribution in [1.82, 2.24) is 20.1 Å². The van der Waals surface area contributed by atoms with Crippen LogP contribution in [0.1, 0.15) is 40.7 Å². The Balaban J connectivity index is 1.81. The van der Waals surface area contributed by atoms with Crippen molar-refractivity contribution >= 4 is 23.5 Å². The van der Waals surface area contributed by atoms with Crippen molar-refractivity contribution in [3.63, 3.8) is 0 Å². The van der Waals surface area contributed by atoms with Crippen LogP contribution in [-0.4, -0.2) is 38.8 Å². The van der Waals surface area contributed by atoms with Gasteiger partial charge in [-0.05, 0) is 67.8 Å². The molecule has 6 nitrogen and oxygen atoms in total. The average molecular weight is 441 g/mol. The van der Waals surface area contributed by atoms with E-state index in [2.05, 4.69) is 28.5 Å². The van der Waals surface area contributed by atoms with Gasteiger partial charge in [0.25, 0.3) is 0 Å². The van der Waals surface area contributed by atoms with Gasteiger partial charge in [0.2, 0.25) is 5.91 Å². The second kappa shape index (κ2) is 10.3. The number of nitrogens with one attached hydrogen (secondary N) is 1. The third-order valence-electron chi connectivity index (χ3n) is 4.90. The predicted molar refractivity (Wildman–Crippen MR) is 119 cm³/mol. The lowest BCUT2D eigenvalue weighted by molar-refractivity contribution is -0.118. The van der Waals surface area contributed by atoms with E-state index in [4.69, 9.17) is 0 Å². The molecule has 0 atom stereocenters. The molecule has 0 radical (unpaired) electrons. The Hall–Kier alpha value is -3.00. The molecule has 3 rings (SSSR count). The first-order chi connectivity index (χ1) is 14.8. The SMILES string of the molecule is CC(=O)NCCCc1nnc(SCC(=O)c2ccc(F)cc2)n1-c1ccc(C)c(C)c1. The molecule has 0 saturated carbocycles. The van der Waals surface area contributed by atoms with Crippen molar-refractivity contribution in [2.75, 3.05) is 12.3 Å². The van der Waals surface area contributed by atoms with E-state index in [0.29, 0.717) is 23.7 Å². The van der Waals surface area contributed by atoms with Gasteiger partial charge in [0.1, 0.15) is 11.6 Å². The molecule has 0 spiro atoms. The number of benzene rings is 2. The number of aryl methyl sites for hydroxylation is 3. The molecule has 0 unspecified atom stereocenters. The van der Waals surface area contributed by atoms with Gasteiger partial charge in [-0.3, -0.25) is 14.2 Å². The second-order valence-corrected chi connectivity index (χ2v) is 8.25. The van der Waals surface area contributed by atoms with Gasteiger partial charge in [0, 0.05) is 31.1 Å². The van der Waals surface area contributed by atoms with Crippen LogP contribution in [0.3, 0.4) is 0 Å². The number of thioether (sulfide) groups is 1. The predicted octanol–water partition coefficient (Wildman–Crippen LogP) is 4.07. The third kappa shape index (κ3) is 6.01. The van der Waals surface area contributed by atoms with Gasteiger partial charge in [-0.1, -0.05) is 17.8 Å². The minimum Gasteiger partial charge on any atom is -0.356 e. The summed E-state index contributed by atoms with van der Waals surface area (Å²) in [5.74, 6) is 0.395. The van der Waals surface area contributed by atoms with Crippen LogP contribution in [0.5, 0.6) is 0 Å². The third-order valence-corrected chi connectivity index (χ3v) is 5.83. The van der Waals surface area contributed by atoms with Gasteiger partial charge in [-0.25, -0.2) is 4.39 Å². The van der Waals surface area contributed by atoms with Gasteiger partial charge < -0.3 is 5.32 Å². The van der Waals surface area contributed by atoms with E-state index in [-0.39, 0.29) is 23.3 Å². The van der Waals surface area contributed by atoms with Crippen LogP contribution >= 0.6 is 11.8 Å². The monoisotopic (exact) mass is 440 g/mol. The molecule has 31 heavy (non-hydrogen) atoms. The molecule has 162 valence electrons. The molecule has 1 heterocycles. The Morgan fingerprint density at radius 2 is 1.81 bits per heavy atom. The van der Waals surface area contributed by atoms with Crippen molar-refractivity contribution in [1.29, 1.82) is 0 Å². The molecule has 0 aliphatic carbocycles. The zero-order valence-electron chi connectivity index (χ0n) is 17.8. The number of carbonyl (C=O) groups excluding carboxylic acids is 2. The van der Waals surface area contributed by atoms with E-state index >= 15 is 0 Å². The summed E-state index contributed by atoms with van der Waals surface area (Å²) in [7, 11) is 0. The molecule has 0 bridgehead atoms. The summed E-state index contributed by atoms with van der Waals surface area (Å²) in [6.45, 7) is 6.15. The van der Waals surface area contributed by atoms with Crippen LogP contribution in [0, 0.1) is 19.7 Å². The normalized spacial score (nSPS) is 10.8. The maximum absolute atomic E-state index is 13.1. The molecule has 0 fully saturated rings. The number of ketones is 1. The summed E-state index contributed by atoms with van der Waals surface area (Å²) in [5, 5.41) is 12.1. The quantitative estimate of drug-likeness (QED) is 0.308. The van der Waals surface area contributed by atoms with E-state index < -0.39 is 0 Å². The maximum atomic E-state index is 13.1. The van der Waals surface area contributed by atoms with E-state index in [1.807, 2.05) is 23.6 Å². The Morgan fingerprint density at radius 1 is 1.06 bits per heavy atom.